The molecule has 530 valence electrons. The molecular formula is C64H95N13O16S3. The summed E-state index contributed by atoms with van der Waals surface area (Å²) in [6.45, 7) is 7.91. The number of unbranched alkanes of at least 4 members (excludes halogenated alkanes) is 1. The van der Waals surface area contributed by atoms with Gasteiger partial charge in [0.15, 0.2) is 0 Å². The number of carboxylic acids is 3. The third kappa shape index (κ3) is 28.0. The molecule has 0 bridgehead atoms. The molecule has 0 radical (unpaired) electrons. The number of likely N-dealkylation sites (tertiary alicyclic amines) is 2. The highest BCUT2D eigenvalue weighted by atomic mass is 32.2. The fourth-order valence-electron chi connectivity index (χ4n) is 11.1. The Morgan fingerprint density at radius 3 is 1.71 bits per heavy atom. The van der Waals surface area contributed by atoms with Gasteiger partial charge in [-0.05, 0) is 67.7 Å². The first kappa shape index (κ1) is 79.3. The highest BCUT2D eigenvalue weighted by Crippen LogP contribution is 2.29. The van der Waals surface area contributed by atoms with Crippen LogP contribution in [0.4, 0.5) is 4.79 Å². The van der Waals surface area contributed by atoms with Gasteiger partial charge in [0.25, 0.3) is 0 Å². The van der Waals surface area contributed by atoms with E-state index in [2.05, 4.69) is 31.6 Å². The minimum absolute atomic E-state index is 0.00825. The van der Waals surface area contributed by atoms with Crippen molar-refractivity contribution in [3.05, 3.63) is 70.8 Å². The highest BCUT2D eigenvalue weighted by Gasteiger charge is 2.43. The third-order valence-electron chi connectivity index (χ3n) is 16.5. The van der Waals surface area contributed by atoms with Gasteiger partial charge in [0.05, 0.1) is 37.6 Å². The lowest BCUT2D eigenvalue weighted by Crippen LogP contribution is -2.57. The Hall–Kier alpha value is -7.36. The average Bonchev–Trinajstić information content (AvgIpc) is 1.64. The molecule has 3 aliphatic heterocycles. The summed E-state index contributed by atoms with van der Waals surface area (Å²) in [5.41, 5.74) is 14.1. The lowest BCUT2D eigenvalue weighted by molar-refractivity contribution is -0.146. The summed E-state index contributed by atoms with van der Waals surface area (Å²) in [4.78, 5) is 169. The Bertz CT molecular complexity index is 2980. The number of thioether (sulfide) groups is 3. The van der Waals surface area contributed by atoms with E-state index in [1.807, 2.05) is 30.0 Å². The van der Waals surface area contributed by atoms with E-state index in [9.17, 15) is 78.0 Å². The third-order valence-corrected chi connectivity index (χ3v) is 19.8. The summed E-state index contributed by atoms with van der Waals surface area (Å²) in [7, 11) is 0. The molecule has 0 aromatic heterocycles. The largest absolute Gasteiger partial charge is 0.480 e. The number of aliphatic imine (C=N–C) groups is 1. The van der Waals surface area contributed by atoms with Crippen LogP contribution in [0.25, 0.3) is 0 Å². The normalized spacial score (nSPS) is 18.3. The van der Waals surface area contributed by atoms with Gasteiger partial charge in [-0.15, -0.1) is 0 Å². The van der Waals surface area contributed by atoms with Crippen molar-refractivity contribution in [1.82, 2.24) is 51.1 Å². The second-order valence-electron chi connectivity index (χ2n) is 24.2. The molecule has 0 spiro atoms. The van der Waals surface area contributed by atoms with Gasteiger partial charge in [-0.1, -0.05) is 68.8 Å². The van der Waals surface area contributed by atoms with Crippen LogP contribution in [0.3, 0.4) is 0 Å². The monoisotopic (exact) mass is 1400 g/mol. The number of rotatable bonds is 39. The van der Waals surface area contributed by atoms with Crippen molar-refractivity contribution < 1.29 is 78.0 Å². The van der Waals surface area contributed by atoms with Gasteiger partial charge in [-0.2, -0.15) is 35.3 Å². The predicted octanol–water partition coefficient (Wildman–Crippen LogP) is 0.319. The second-order valence-corrected chi connectivity index (χ2v) is 27.4. The summed E-state index contributed by atoms with van der Waals surface area (Å²) in [6, 6.07) is 8.09. The molecule has 3 heterocycles. The van der Waals surface area contributed by atoms with Crippen LogP contribution in [-0.4, -0.2) is 261 Å². The van der Waals surface area contributed by atoms with E-state index < -0.39 is 108 Å². The number of nitrogens with one attached hydrogen (secondary N) is 5. The van der Waals surface area contributed by atoms with Crippen LogP contribution >= 0.6 is 35.3 Å². The molecule has 3 fully saturated rings. The summed E-state index contributed by atoms with van der Waals surface area (Å²) >= 11 is 4.13. The van der Waals surface area contributed by atoms with Crippen LogP contribution in [0.1, 0.15) is 94.4 Å². The number of aliphatic hydroxyl groups is 1. The summed E-state index contributed by atoms with van der Waals surface area (Å²) in [6.07, 6.45) is 3.10. The highest BCUT2D eigenvalue weighted by molar-refractivity contribution is 7.99. The smallest absolute Gasteiger partial charge is 0.340 e. The Kier molecular flexibility index (Phi) is 34.4. The van der Waals surface area contributed by atoms with Gasteiger partial charge < -0.3 is 68.3 Å². The lowest BCUT2D eigenvalue weighted by Gasteiger charge is -2.31. The number of urea groups is 1. The van der Waals surface area contributed by atoms with Crippen molar-refractivity contribution in [2.24, 2.45) is 28.3 Å². The zero-order valence-corrected chi connectivity index (χ0v) is 57.3. The molecule has 0 aliphatic carbocycles. The molecule has 32 heteroatoms. The Morgan fingerprint density at radius 1 is 0.625 bits per heavy atom. The van der Waals surface area contributed by atoms with E-state index in [0.29, 0.717) is 107 Å². The minimum Gasteiger partial charge on any atom is -0.480 e. The van der Waals surface area contributed by atoms with Crippen LogP contribution < -0.4 is 38.1 Å². The molecule has 29 nitrogen and oxygen atoms in total. The van der Waals surface area contributed by atoms with Crippen molar-refractivity contribution in [1.29, 1.82) is 0 Å². The number of hydrogen-bond donors (Lipinski definition) is 11. The molecule has 0 saturated carbocycles. The fourth-order valence-corrected chi connectivity index (χ4v) is 13.8. The second kappa shape index (κ2) is 41.7. The van der Waals surface area contributed by atoms with E-state index in [0.717, 1.165) is 29.5 Å². The van der Waals surface area contributed by atoms with Gasteiger partial charge in [0.2, 0.25) is 47.3 Å². The van der Waals surface area contributed by atoms with Crippen LogP contribution in [0, 0.1) is 11.8 Å². The molecule has 2 unspecified atom stereocenters. The van der Waals surface area contributed by atoms with Crippen LogP contribution in [-0.2, 0) is 76.4 Å². The van der Waals surface area contributed by atoms with Crippen LogP contribution in [0.5, 0.6) is 0 Å². The molecule has 96 heavy (non-hydrogen) atoms. The molecule has 10 amide bonds. The molecule has 8 atom stereocenters. The van der Waals surface area contributed by atoms with Gasteiger partial charge in [-0.3, -0.25) is 62.6 Å². The number of carboxylic acid groups (broad SMARTS) is 3. The number of aliphatic hydroxyl groups excluding tert-OH is 1. The number of carbonyl (C=O) groups is 12. The SMILES string of the molecule is CCCCNC(=O)/N=C/C(CSCc1cc(CSCCNC(=O)CN2CCN(CC(=O)O)CCN(CC(=O)O)CC2)cc(CSCC(NC(=O)[C@H](Cc2ccccc2)NC(=O)[C@H](CCC(N)=O)NC(=O)[C@@H](C)[C@@H](C)O)C(=O)O)c1)C(=O)N1CCC[C@H]1C(=O)N1CCC[C@H]1C(N)=O. The standard InChI is InChI=1S/C64H95N13O16S3/c1-4-5-17-68-64(93)69-32-47(61(89)77-20-10-14-52(77)62(90)76-19-9-13-51(76)57(66)85)39-95-37-45-28-44(36-94-27-18-67-54(80)33-73-21-23-74(34-55(81)82)25-26-75(24-22-73)35-56(83)84)29-46(30-45)38-96-40-50(63(91)92)72-60(88)49(31-43-11-7-6-8-12-43)71-59(87)48(15-16-53(65)79)70-58(86)41(2)42(3)78/h6-8,11-12,28-30,32,41-42,47-52,78H,4-5,9-10,13-27,31,33-40H2,1-3H3,(H2,65,79)(H2,66,85)(H,67,80)(H,68,93)(H,70,86)(H,71,87)(H,72,88)(H,81,82)(H,83,84)(H,91,92)/b69-32+/t41-,42+,47?,48-,49-,50?,51-,52-/m0/s1. The van der Waals surface area contributed by atoms with Crippen LogP contribution in [0.2, 0.25) is 0 Å². The first-order valence-corrected chi connectivity index (χ1v) is 35.9. The topological polar surface area (TPSA) is 427 Å². The minimum atomic E-state index is -1.47. The summed E-state index contributed by atoms with van der Waals surface area (Å²) < 4.78 is 0. The van der Waals surface area contributed by atoms with Crippen molar-refractivity contribution in [3.8, 4) is 0 Å². The van der Waals surface area contributed by atoms with Crippen LogP contribution in [0.15, 0.2) is 53.5 Å². The van der Waals surface area contributed by atoms with E-state index in [-0.39, 0.29) is 74.5 Å². The predicted molar refractivity (Wildman–Crippen MR) is 364 cm³/mol. The van der Waals surface area contributed by atoms with E-state index in [4.69, 9.17) is 11.5 Å². The van der Waals surface area contributed by atoms with Gasteiger partial charge in [-0.25, -0.2) is 14.6 Å². The first-order valence-electron chi connectivity index (χ1n) is 32.4. The van der Waals surface area contributed by atoms with Gasteiger partial charge >= 0.3 is 23.9 Å². The first-order chi connectivity index (χ1) is 45.8. The fraction of sp³-hybridized carbons (Fsp3) is 0.609. The van der Waals surface area contributed by atoms with E-state index in [1.54, 1.807) is 40.1 Å². The maximum atomic E-state index is 14.6. The van der Waals surface area contributed by atoms with Crippen molar-refractivity contribution in [3.63, 3.8) is 0 Å². The van der Waals surface area contributed by atoms with Gasteiger partial charge in [0.1, 0.15) is 30.2 Å². The average molecular weight is 1400 g/mol. The molecule has 13 N–H and O–H groups in total. The Morgan fingerprint density at radius 2 is 1.16 bits per heavy atom. The molecule has 3 saturated heterocycles. The number of carbonyl (C=O) groups excluding carboxylic acids is 9. The van der Waals surface area contributed by atoms with Crippen molar-refractivity contribution in [2.45, 2.75) is 132 Å². The van der Waals surface area contributed by atoms with Crippen molar-refractivity contribution >= 4 is 113 Å². The molecule has 5 rings (SSSR count). The zero-order chi connectivity index (χ0) is 70.3. The Balaban J connectivity index is 1.34. The number of hydrogen-bond acceptors (Lipinski definition) is 19. The molecule has 2 aromatic rings. The number of nitrogens with two attached hydrogens (primary N) is 2. The van der Waals surface area contributed by atoms with Gasteiger partial charge in [0, 0.05) is 119 Å². The van der Waals surface area contributed by atoms with Crippen molar-refractivity contribution in [2.75, 3.05) is 102 Å². The van der Waals surface area contributed by atoms with E-state index >= 15 is 0 Å². The lowest BCUT2D eigenvalue weighted by atomic mass is 10.0. The molecule has 3 aliphatic rings. The Labute approximate surface area is 572 Å². The summed E-state index contributed by atoms with van der Waals surface area (Å²) in [5, 5.41) is 53.0. The maximum Gasteiger partial charge on any atom is 0.340 e. The number of nitrogens with zero attached hydrogens (tertiary/aromatic N) is 6. The maximum absolute atomic E-state index is 14.6. The quantitative estimate of drug-likeness (QED) is 0.0317. The number of aliphatic carboxylic acids is 3. The zero-order valence-electron chi connectivity index (χ0n) is 54.9. The molecule has 2 aromatic carbocycles. The number of benzene rings is 2. The number of primary amides is 2. The number of amides is 10. The van der Waals surface area contributed by atoms with E-state index in [1.165, 1.54) is 65.1 Å². The summed E-state index contributed by atoms with van der Waals surface area (Å²) in [5.74, 6) is -8.50. The molecular weight excluding hydrogens is 1300 g/mol.